The highest BCUT2D eigenvalue weighted by Gasteiger charge is 2.02. The van der Waals surface area contributed by atoms with Gasteiger partial charge in [-0.25, -0.2) is 4.79 Å². The van der Waals surface area contributed by atoms with Gasteiger partial charge in [0.1, 0.15) is 5.82 Å². The van der Waals surface area contributed by atoms with Gasteiger partial charge in [0.15, 0.2) is 5.82 Å². The molecule has 1 heterocycles. The molecule has 0 spiro atoms. The molecule has 0 saturated carbocycles. The molecule has 0 unspecified atom stereocenters. The van der Waals surface area contributed by atoms with Crippen molar-refractivity contribution in [3.05, 3.63) is 23.9 Å². The van der Waals surface area contributed by atoms with Crippen LogP contribution < -0.4 is 5.32 Å². The molecule has 6 nitrogen and oxygen atoms in total. The lowest BCUT2D eigenvalue weighted by molar-refractivity contribution is -0.131. The molecule has 0 bridgehead atoms. The molecule has 0 fully saturated rings. The first kappa shape index (κ1) is 10.2. The summed E-state index contributed by atoms with van der Waals surface area (Å²) in [5.41, 5.74) is 0. The third kappa shape index (κ3) is 2.58. The number of aryl methyl sites for hydroxylation is 1. The zero-order chi connectivity index (χ0) is 10.6. The molecule has 0 atom stereocenters. The minimum absolute atomic E-state index is 0.459. The zero-order valence-corrected chi connectivity index (χ0v) is 8.06. The Kier molecular flexibility index (Phi) is 3.22. The van der Waals surface area contributed by atoms with Crippen LogP contribution in [0, 0.1) is 6.92 Å². The van der Waals surface area contributed by atoms with Gasteiger partial charge in [-0.3, -0.25) is 0 Å². The first-order chi connectivity index (χ1) is 6.61. The van der Waals surface area contributed by atoms with Crippen molar-refractivity contribution in [1.29, 1.82) is 0 Å². The van der Waals surface area contributed by atoms with E-state index in [4.69, 9.17) is 5.11 Å². The quantitative estimate of drug-likeness (QED) is 0.652. The fraction of sp³-hybridized carbons (Fsp3) is 0.375. The van der Waals surface area contributed by atoms with Crippen molar-refractivity contribution in [1.82, 2.24) is 20.1 Å². The number of hydrogen-bond acceptors (Lipinski definition) is 4. The van der Waals surface area contributed by atoms with Crippen molar-refractivity contribution in [2.24, 2.45) is 7.05 Å². The van der Waals surface area contributed by atoms with E-state index < -0.39 is 5.97 Å². The molecule has 0 aliphatic heterocycles. The highest BCUT2D eigenvalue weighted by atomic mass is 16.4. The number of aliphatic carboxylic acids is 1. The second-order valence-electron chi connectivity index (χ2n) is 2.77. The summed E-state index contributed by atoms with van der Waals surface area (Å²) in [4.78, 5) is 10.1. The van der Waals surface area contributed by atoms with Crippen molar-refractivity contribution in [3.63, 3.8) is 0 Å². The second-order valence-corrected chi connectivity index (χ2v) is 2.77. The van der Waals surface area contributed by atoms with E-state index >= 15 is 0 Å². The molecule has 0 amide bonds. The van der Waals surface area contributed by atoms with Crippen LogP contribution in [0.25, 0.3) is 0 Å². The molecule has 0 radical (unpaired) electrons. The minimum Gasteiger partial charge on any atom is -0.478 e. The van der Waals surface area contributed by atoms with Crippen LogP contribution in [0.1, 0.15) is 11.6 Å². The van der Waals surface area contributed by atoms with E-state index in [0.717, 1.165) is 17.7 Å². The van der Waals surface area contributed by atoms with Gasteiger partial charge in [0, 0.05) is 19.3 Å². The van der Waals surface area contributed by atoms with E-state index in [1.807, 2.05) is 18.5 Å². The molecule has 1 aromatic heterocycles. The van der Waals surface area contributed by atoms with Crippen molar-refractivity contribution in [2.75, 3.05) is 0 Å². The smallest absolute Gasteiger partial charge is 0.329 e. The number of carboxylic acid groups (broad SMARTS) is 1. The largest absolute Gasteiger partial charge is 0.478 e. The number of rotatable bonds is 4. The normalized spacial score (nSPS) is 10.7. The lowest BCUT2D eigenvalue weighted by Crippen LogP contribution is -2.10. The standard InChI is InChI=1S/C8H12N4O2/c1-6-10-11-7(12(6)2)5-9-4-3-8(13)14/h3-4,9H,5H2,1-2H3,(H,13,14)/b4-3+. The van der Waals surface area contributed by atoms with E-state index in [9.17, 15) is 4.79 Å². The zero-order valence-electron chi connectivity index (χ0n) is 8.06. The van der Waals surface area contributed by atoms with Gasteiger partial charge < -0.3 is 15.0 Å². The predicted octanol–water partition coefficient (Wildman–Crippen LogP) is -0.189. The van der Waals surface area contributed by atoms with Crippen LogP contribution in [0.5, 0.6) is 0 Å². The average Bonchev–Trinajstić information content (AvgIpc) is 2.43. The van der Waals surface area contributed by atoms with Crippen LogP contribution >= 0.6 is 0 Å². The second kappa shape index (κ2) is 4.40. The van der Waals surface area contributed by atoms with Gasteiger partial charge in [-0.2, -0.15) is 0 Å². The predicted molar refractivity (Wildman–Crippen MR) is 49.4 cm³/mol. The van der Waals surface area contributed by atoms with Crippen LogP contribution in [0.3, 0.4) is 0 Å². The molecule has 0 aromatic carbocycles. The summed E-state index contributed by atoms with van der Waals surface area (Å²) in [6.45, 7) is 2.31. The Morgan fingerprint density at radius 1 is 1.64 bits per heavy atom. The Balaban J connectivity index is 2.46. The Hall–Kier alpha value is -1.85. The van der Waals surface area contributed by atoms with Gasteiger partial charge in [-0.15, -0.1) is 10.2 Å². The third-order valence-corrected chi connectivity index (χ3v) is 1.79. The van der Waals surface area contributed by atoms with E-state index in [1.165, 1.54) is 6.20 Å². The molecular formula is C8H12N4O2. The van der Waals surface area contributed by atoms with Gasteiger partial charge in [0.25, 0.3) is 0 Å². The molecule has 0 saturated heterocycles. The molecule has 76 valence electrons. The average molecular weight is 196 g/mol. The highest BCUT2D eigenvalue weighted by Crippen LogP contribution is 1.95. The topological polar surface area (TPSA) is 80.0 Å². The van der Waals surface area contributed by atoms with Crippen LogP contribution in [-0.4, -0.2) is 25.8 Å². The summed E-state index contributed by atoms with van der Waals surface area (Å²) in [7, 11) is 1.85. The van der Waals surface area contributed by atoms with Crippen molar-refractivity contribution in [3.8, 4) is 0 Å². The summed E-state index contributed by atoms with van der Waals surface area (Å²) < 4.78 is 1.83. The van der Waals surface area contributed by atoms with Crippen LogP contribution in [0.15, 0.2) is 12.3 Å². The van der Waals surface area contributed by atoms with Crippen molar-refractivity contribution < 1.29 is 9.90 Å². The molecule has 2 N–H and O–H groups in total. The maximum Gasteiger partial charge on any atom is 0.329 e. The molecule has 14 heavy (non-hydrogen) atoms. The summed E-state index contributed by atoms with van der Waals surface area (Å²) in [6, 6.07) is 0. The van der Waals surface area contributed by atoms with Crippen molar-refractivity contribution in [2.45, 2.75) is 13.5 Å². The third-order valence-electron chi connectivity index (χ3n) is 1.79. The molecule has 0 aliphatic carbocycles. The number of carbonyl (C=O) groups is 1. The lowest BCUT2D eigenvalue weighted by atomic mass is 10.5. The van der Waals surface area contributed by atoms with Crippen molar-refractivity contribution >= 4 is 5.97 Å². The number of nitrogens with one attached hydrogen (secondary N) is 1. The Morgan fingerprint density at radius 2 is 2.36 bits per heavy atom. The first-order valence-electron chi connectivity index (χ1n) is 4.09. The number of aromatic nitrogens is 3. The Labute approximate surface area is 81.3 Å². The number of carboxylic acids is 1. The van der Waals surface area contributed by atoms with E-state index in [2.05, 4.69) is 15.5 Å². The fourth-order valence-electron chi connectivity index (χ4n) is 0.885. The van der Waals surface area contributed by atoms with Gasteiger partial charge >= 0.3 is 5.97 Å². The minimum atomic E-state index is -0.980. The Bertz CT molecular complexity index is 356. The van der Waals surface area contributed by atoms with Gasteiger partial charge in [-0.1, -0.05) is 0 Å². The molecular weight excluding hydrogens is 184 g/mol. The first-order valence-corrected chi connectivity index (χ1v) is 4.09. The van der Waals surface area contributed by atoms with Gasteiger partial charge in [0.2, 0.25) is 0 Å². The van der Waals surface area contributed by atoms with E-state index in [1.54, 1.807) is 0 Å². The van der Waals surface area contributed by atoms with Gasteiger partial charge in [-0.05, 0) is 6.92 Å². The summed E-state index contributed by atoms with van der Waals surface area (Å²) >= 11 is 0. The lowest BCUT2D eigenvalue weighted by Gasteiger charge is -2.00. The SMILES string of the molecule is Cc1nnc(CN/C=C/C(=O)O)n1C. The maximum atomic E-state index is 10.1. The van der Waals surface area contributed by atoms with Crippen LogP contribution in [0.2, 0.25) is 0 Å². The number of nitrogens with zero attached hydrogens (tertiary/aromatic N) is 3. The van der Waals surface area contributed by atoms with Crippen LogP contribution in [0.4, 0.5) is 0 Å². The van der Waals surface area contributed by atoms with Crippen LogP contribution in [-0.2, 0) is 18.4 Å². The Morgan fingerprint density at radius 3 is 2.86 bits per heavy atom. The highest BCUT2D eigenvalue weighted by molar-refractivity contribution is 5.79. The molecule has 1 rings (SSSR count). The number of hydrogen-bond donors (Lipinski definition) is 2. The summed E-state index contributed by atoms with van der Waals surface area (Å²) in [5.74, 6) is 0.605. The monoisotopic (exact) mass is 196 g/mol. The summed E-state index contributed by atoms with van der Waals surface area (Å²) in [5, 5.41) is 18.9. The van der Waals surface area contributed by atoms with E-state index in [-0.39, 0.29) is 0 Å². The van der Waals surface area contributed by atoms with Gasteiger partial charge in [0.05, 0.1) is 6.54 Å². The summed E-state index contributed by atoms with van der Waals surface area (Å²) in [6.07, 6.45) is 2.40. The fourth-order valence-corrected chi connectivity index (χ4v) is 0.885. The van der Waals surface area contributed by atoms with E-state index in [0.29, 0.717) is 6.54 Å². The molecule has 1 aromatic rings. The maximum absolute atomic E-state index is 10.1. The molecule has 6 heteroatoms. The molecule has 0 aliphatic rings.